The van der Waals surface area contributed by atoms with Gasteiger partial charge in [0.25, 0.3) is 5.92 Å². The smallest absolute Gasteiger partial charge is 0.410 e. The monoisotopic (exact) mass is 239 g/mol. The number of hydrogen-bond acceptors (Lipinski definition) is 3. The van der Waals surface area contributed by atoms with Gasteiger partial charge < -0.3 is 4.74 Å². The normalized spacial score (nSPS) is 24.8. The molecule has 1 atom stereocenters. The molecule has 0 aromatic carbocycles. The van der Waals surface area contributed by atoms with Crippen molar-refractivity contribution in [3.8, 4) is 0 Å². The fourth-order valence-electron chi connectivity index (χ4n) is 1.49. The Kier molecular flexibility index (Phi) is 3.54. The average molecular weight is 239 g/mol. The molecule has 1 aliphatic heterocycles. The van der Waals surface area contributed by atoms with E-state index in [-0.39, 0.29) is 6.54 Å². The van der Waals surface area contributed by atoms with Gasteiger partial charge in [-0.05, 0) is 0 Å². The number of rotatable bonds is 1. The summed E-state index contributed by atoms with van der Waals surface area (Å²) in [6, 6.07) is -1.20. The van der Waals surface area contributed by atoms with E-state index >= 15 is 0 Å². The molecule has 86 valence electrons. The molecule has 7 heteroatoms. The van der Waals surface area contributed by atoms with Crippen molar-refractivity contribution in [3.63, 3.8) is 0 Å². The second kappa shape index (κ2) is 4.34. The van der Waals surface area contributed by atoms with E-state index in [2.05, 4.69) is 17.4 Å². The van der Waals surface area contributed by atoms with Crippen molar-refractivity contribution in [3.05, 3.63) is 0 Å². The molecule has 0 bridgehead atoms. The van der Waals surface area contributed by atoms with Crippen molar-refractivity contribution >= 4 is 23.8 Å². The maximum atomic E-state index is 13.0. The van der Waals surface area contributed by atoms with Crippen LogP contribution in [-0.4, -0.2) is 41.7 Å². The molecule has 0 saturated carbocycles. The van der Waals surface area contributed by atoms with Gasteiger partial charge in [0.15, 0.2) is 0 Å². The Morgan fingerprint density at radius 3 is 2.60 bits per heavy atom. The molecule has 0 aromatic heterocycles. The number of carbonyl (C=O) groups is 2. The highest BCUT2D eigenvalue weighted by Gasteiger charge is 2.44. The fourth-order valence-corrected chi connectivity index (χ4v) is 1.72. The van der Waals surface area contributed by atoms with Crippen molar-refractivity contribution < 1.29 is 23.1 Å². The second-order valence-corrected chi connectivity index (χ2v) is 3.77. The molecule has 1 amide bonds. The molecule has 1 saturated heterocycles. The van der Waals surface area contributed by atoms with Crippen LogP contribution in [-0.2, 0) is 9.53 Å². The van der Waals surface area contributed by atoms with Crippen LogP contribution in [0.2, 0.25) is 0 Å². The van der Waals surface area contributed by atoms with Crippen LogP contribution in [0.1, 0.15) is 12.8 Å². The zero-order valence-electron chi connectivity index (χ0n) is 8.07. The molecule has 4 nitrogen and oxygen atoms in total. The lowest BCUT2D eigenvalue weighted by molar-refractivity contribution is -0.125. The van der Waals surface area contributed by atoms with Crippen molar-refractivity contribution in [2.45, 2.75) is 24.8 Å². The van der Waals surface area contributed by atoms with Crippen molar-refractivity contribution in [1.82, 2.24) is 4.90 Å². The standard InChI is InChI=1S/C8H11F2NO3S/c1-14-7(13)11-3-2-8(9,10)4-5(11)6(12)15/h5H,2-4H2,1H3,(H,12,15). The molecule has 0 N–H and O–H groups in total. The summed E-state index contributed by atoms with van der Waals surface area (Å²) in [5, 5.41) is -0.750. The molecule has 0 radical (unpaired) electrons. The summed E-state index contributed by atoms with van der Waals surface area (Å²) >= 11 is 3.49. The van der Waals surface area contributed by atoms with Gasteiger partial charge in [0.1, 0.15) is 6.04 Å². The number of piperidine rings is 1. The zero-order valence-corrected chi connectivity index (χ0v) is 8.97. The number of halogens is 2. The Labute approximate surface area is 91.0 Å². The number of carbonyl (C=O) groups excluding carboxylic acids is 2. The van der Waals surface area contributed by atoms with Crippen LogP contribution in [0.3, 0.4) is 0 Å². The van der Waals surface area contributed by atoms with E-state index in [0.717, 1.165) is 12.0 Å². The average Bonchev–Trinajstić information content (AvgIpc) is 2.15. The lowest BCUT2D eigenvalue weighted by Gasteiger charge is -2.36. The fraction of sp³-hybridized carbons (Fsp3) is 0.750. The minimum absolute atomic E-state index is 0.198. The number of likely N-dealkylation sites (tertiary alicyclic amines) is 1. The summed E-state index contributed by atoms with van der Waals surface area (Å²) in [6.45, 7) is -0.198. The summed E-state index contributed by atoms with van der Waals surface area (Å²) in [6.07, 6.45) is -1.93. The number of alkyl halides is 2. The highest BCUT2D eigenvalue weighted by atomic mass is 32.1. The van der Waals surface area contributed by atoms with E-state index in [0.29, 0.717) is 0 Å². The quantitative estimate of drug-likeness (QED) is 0.702. The molecule has 1 heterocycles. The van der Waals surface area contributed by atoms with Crippen LogP contribution in [0, 0.1) is 0 Å². The predicted molar refractivity (Wildman–Crippen MR) is 51.1 cm³/mol. The van der Waals surface area contributed by atoms with Crippen LogP contribution >= 0.6 is 12.6 Å². The molecule has 1 unspecified atom stereocenters. The number of nitrogens with zero attached hydrogens (tertiary/aromatic N) is 1. The van der Waals surface area contributed by atoms with E-state index in [1.807, 2.05) is 0 Å². The van der Waals surface area contributed by atoms with E-state index in [4.69, 9.17) is 0 Å². The van der Waals surface area contributed by atoms with Gasteiger partial charge in [-0.3, -0.25) is 9.69 Å². The van der Waals surface area contributed by atoms with Crippen molar-refractivity contribution in [2.75, 3.05) is 13.7 Å². The summed E-state index contributed by atoms with van der Waals surface area (Å²) in [4.78, 5) is 23.1. The minimum Gasteiger partial charge on any atom is -0.453 e. The molecule has 0 spiro atoms. The third-order valence-electron chi connectivity index (χ3n) is 2.28. The van der Waals surface area contributed by atoms with E-state index in [1.165, 1.54) is 0 Å². The van der Waals surface area contributed by atoms with Crippen LogP contribution in [0.15, 0.2) is 0 Å². The minimum atomic E-state index is -2.92. The summed E-state index contributed by atoms with van der Waals surface area (Å²) in [5.74, 6) is -2.92. The highest BCUT2D eigenvalue weighted by Crippen LogP contribution is 2.32. The maximum absolute atomic E-state index is 13.0. The van der Waals surface area contributed by atoms with Crippen LogP contribution in [0.5, 0.6) is 0 Å². The molecular formula is C8H11F2NO3S. The Morgan fingerprint density at radius 1 is 1.53 bits per heavy atom. The lowest BCUT2D eigenvalue weighted by Crippen LogP contribution is -2.52. The molecule has 1 aliphatic rings. The number of amides is 1. The Balaban J connectivity index is 2.81. The largest absolute Gasteiger partial charge is 0.453 e. The van der Waals surface area contributed by atoms with Gasteiger partial charge in [-0.15, -0.1) is 12.6 Å². The lowest BCUT2D eigenvalue weighted by atomic mass is 10.00. The van der Waals surface area contributed by atoms with Gasteiger partial charge in [-0.25, -0.2) is 13.6 Å². The molecule has 15 heavy (non-hydrogen) atoms. The number of ether oxygens (including phenoxy) is 1. The number of thiol groups is 1. The topological polar surface area (TPSA) is 46.6 Å². The third kappa shape index (κ3) is 2.80. The van der Waals surface area contributed by atoms with Gasteiger partial charge in [-0.2, -0.15) is 0 Å². The van der Waals surface area contributed by atoms with Crippen molar-refractivity contribution in [1.29, 1.82) is 0 Å². The summed E-state index contributed by atoms with van der Waals surface area (Å²) in [7, 11) is 1.13. The van der Waals surface area contributed by atoms with Crippen LogP contribution < -0.4 is 0 Å². The first kappa shape index (κ1) is 12.2. The van der Waals surface area contributed by atoms with Gasteiger partial charge in [-0.1, -0.05) is 0 Å². The maximum Gasteiger partial charge on any atom is 0.410 e. The van der Waals surface area contributed by atoms with E-state index < -0.39 is 36.0 Å². The predicted octanol–water partition coefficient (Wildman–Crippen LogP) is 1.31. The Hall–Kier alpha value is -0.850. The van der Waals surface area contributed by atoms with E-state index in [1.54, 1.807) is 0 Å². The molecule has 0 aromatic rings. The molecule has 1 fully saturated rings. The zero-order chi connectivity index (χ0) is 11.6. The van der Waals surface area contributed by atoms with Crippen LogP contribution in [0.4, 0.5) is 13.6 Å². The van der Waals surface area contributed by atoms with Crippen molar-refractivity contribution in [2.24, 2.45) is 0 Å². The van der Waals surface area contributed by atoms with Crippen LogP contribution in [0.25, 0.3) is 0 Å². The summed E-state index contributed by atoms with van der Waals surface area (Å²) in [5.41, 5.74) is 0. The number of methoxy groups -OCH3 is 1. The SMILES string of the molecule is COC(=O)N1CCC(F)(F)CC1C(=O)S. The molecular weight excluding hydrogens is 228 g/mol. The first-order chi connectivity index (χ1) is 6.87. The molecule has 1 rings (SSSR count). The van der Waals surface area contributed by atoms with Gasteiger partial charge in [0.2, 0.25) is 5.12 Å². The van der Waals surface area contributed by atoms with Gasteiger partial charge in [0, 0.05) is 19.4 Å². The van der Waals surface area contributed by atoms with Gasteiger partial charge in [0.05, 0.1) is 7.11 Å². The molecule has 0 aliphatic carbocycles. The first-order valence-corrected chi connectivity index (χ1v) is 4.77. The first-order valence-electron chi connectivity index (χ1n) is 4.32. The third-order valence-corrected chi connectivity index (χ3v) is 2.58. The highest BCUT2D eigenvalue weighted by molar-refractivity contribution is 7.96. The van der Waals surface area contributed by atoms with E-state index in [9.17, 15) is 18.4 Å². The van der Waals surface area contributed by atoms with Gasteiger partial charge >= 0.3 is 6.09 Å². The second-order valence-electron chi connectivity index (χ2n) is 3.33. The summed E-state index contributed by atoms with van der Waals surface area (Å²) < 4.78 is 30.4. The Bertz CT molecular complexity index is 285. The Morgan fingerprint density at radius 2 is 2.13 bits per heavy atom. The number of hydrogen-bond donors (Lipinski definition) is 1.